The van der Waals surface area contributed by atoms with E-state index in [0.29, 0.717) is 10.2 Å². The van der Waals surface area contributed by atoms with E-state index in [2.05, 4.69) is 15.0 Å². The van der Waals surface area contributed by atoms with Gasteiger partial charge >= 0.3 is 5.69 Å². The van der Waals surface area contributed by atoms with E-state index in [0.717, 1.165) is 5.56 Å². The van der Waals surface area contributed by atoms with Crippen molar-refractivity contribution < 1.29 is 0 Å². The summed E-state index contributed by atoms with van der Waals surface area (Å²) in [5.74, 6) is 0.370. The van der Waals surface area contributed by atoms with Crippen LogP contribution in [0.1, 0.15) is 25.3 Å². The molecule has 0 aliphatic rings. The van der Waals surface area contributed by atoms with Gasteiger partial charge in [-0.05, 0) is 16.9 Å². The molecule has 0 amide bonds. The van der Waals surface area contributed by atoms with Crippen molar-refractivity contribution in [2.75, 3.05) is 0 Å². The van der Waals surface area contributed by atoms with Gasteiger partial charge in [0.25, 0.3) is 11.1 Å². The molecule has 3 rings (SSSR count). The summed E-state index contributed by atoms with van der Waals surface area (Å²) in [7, 11) is 1.51. The molecule has 114 valence electrons. The molecule has 0 spiro atoms. The molecule has 0 unspecified atom stereocenters. The van der Waals surface area contributed by atoms with Crippen molar-refractivity contribution in [3.8, 4) is 11.4 Å². The SMILES string of the molecule is CC(C)c1csc2nc(-c3cn(C)c(=O)[nH]c3=O)[nH]c(=O)c12. The van der Waals surface area contributed by atoms with Gasteiger partial charge in [0.05, 0.1) is 10.9 Å². The van der Waals surface area contributed by atoms with E-state index in [1.165, 1.54) is 29.1 Å². The lowest BCUT2D eigenvalue weighted by Gasteiger charge is -2.04. The molecule has 0 aliphatic carbocycles. The third-order valence-electron chi connectivity index (χ3n) is 3.46. The van der Waals surface area contributed by atoms with E-state index in [9.17, 15) is 14.4 Å². The molecule has 3 aromatic rings. The molecule has 0 bridgehead atoms. The number of aromatic amines is 2. The molecule has 0 aliphatic heterocycles. The molecule has 2 N–H and O–H groups in total. The van der Waals surface area contributed by atoms with Crippen LogP contribution in [0, 0.1) is 0 Å². The van der Waals surface area contributed by atoms with Crippen molar-refractivity contribution >= 4 is 21.6 Å². The lowest BCUT2D eigenvalue weighted by Crippen LogP contribution is -2.29. The average Bonchev–Trinajstić information content (AvgIpc) is 2.87. The Hall–Kier alpha value is -2.48. The molecule has 7 nitrogen and oxygen atoms in total. The molecule has 0 saturated carbocycles. The summed E-state index contributed by atoms with van der Waals surface area (Å²) in [4.78, 5) is 45.5. The fourth-order valence-electron chi connectivity index (χ4n) is 2.26. The van der Waals surface area contributed by atoms with Gasteiger partial charge in [-0.25, -0.2) is 9.78 Å². The van der Waals surface area contributed by atoms with Crippen LogP contribution in [0.4, 0.5) is 0 Å². The van der Waals surface area contributed by atoms with Crippen LogP contribution in [0.3, 0.4) is 0 Å². The minimum atomic E-state index is -0.578. The maximum atomic E-state index is 12.4. The third kappa shape index (κ3) is 2.21. The number of nitrogens with one attached hydrogen (secondary N) is 2. The summed E-state index contributed by atoms with van der Waals surface area (Å²) in [6.07, 6.45) is 1.36. The Kier molecular flexibility index (Phi) is 3.32. The van der Waals surface area contributed by atoms with Crippen LogP contribution < -0.4 is 16.8 Å². The quantitative estimate of drug-likeness (QED) is 0.740. The van der Waals surface area contributed by atoms with Crippen LogP contribution in [-0.2, 0) is 7.05 Å². The maximum Gasteiger partial charge on any atom is 0.328 e. The lowest BCUT2D eigenvalue weighted by molar-refractivity contribution is 0.800. The molecular weight excluding hydrogens is 304 g/mol. The average molecular weight is 318 g/mol. The van der Waals surface area contributed by atoms with Crippen molar-refractivity contribution in [2.45, 2.75) is 19.8 Å². The number of thiophene rings is 1. The summed E-state index contributed by atoms with van der Waals surface area (Å²) in [5, 5.41) is 2.47. The third-order valence-corrected chi connectivity index (χ3v) is 4.35. The van der Waals surface area contributed by atoms with Crippen LogP contribution in [0.15, 0.2) is 26.0 Å². The molecule has 3 heterocycles. The Bertz CT molecular complexity index is 1040. The first-order valence-corrected chi connectivity index (χ1v) is 7.58. The molecular formula is C14H14N4O3S. The lowest BCUT2D eigenvalue weighted by atomic mass is 10.0. The first kappa shape index (κ1) is 14.5. The van der Waals surface area contributed by atoms with Gasteiger partial charge in [-0.3, -0.25) is 14.6 Å². The van der Waals surface area contributed by atoms with Crippen LogP contribution >= 0.6 is 11.3 Å². The highest BCUT2D eigenvalue weighted by Gasteiger charge is 2.16. The minimum Gasteiger partial charge on any atom is -0.306 e. The first-order valence-electron chi connectivity index (χ1n) is 6.70. The number of hydrogen-bond acceptors (Lipinski definition) is 5. The number of aryl methyl sites for hydroxylation is 1. The highest BCUT2D eigenvalue weighted by Crippen LogP contribution is 2.28. The molecule has 8 heteroatoms. The van der Waals surface area contributed by atoms with Crippen molar-refractivity contribution in [3.63, 3.8) is 0 Å². The second kappa shape index (κ2) is 5.06. The molecule has 0 radical (unpaired) electrons. The van der Waals surface area contributed by atoms with Crippen LogP contribution in [0.5, 0.6) is 0 Å². The molecule has 3 aromatic heterocycles. The van der Waals surface area contributed by atoms with Gasteiger partial charge in [0.1, 0.15) is 10.7 Å². The fourth-order valence-corrected chi connectivity index (χ4v) is 3.36. The van der Waals surface area contributed by atoms with Crippen molar-refractivity contribution in [1.29, 1.82) is 0 Å². The second-order valence-corrected chi connectivity index (χ2v) is 6.21. The van der Waals surface area contributed by atoms with Gasteiger partial charge in [0, 0.05) is 13.2 Å². The van der Waals surface area contributed by atoms with Gasteiger partial charge < -0.3 is 9.55 Å². The normalized spacial score (nSPS) is 11.5. The van der Waals surface area contributed by atoms with Gasteiger partial charge in [-0.1, -0.05) is 13.8 Å². The first-order chi connectivity index (χ1) is 10.4. The van der Waals surface area contributed by atoms with Crippen molar-refractivity contribution in [2.24, 2.45) is 7.05 Å². The highest BCUT2D eigenvalue weighted by molar-refractivity contribution is 7.16. The Labute approximate surface area is 128 Å². The topological polar surface area (TPSA) is 101 Å². The van der Waals surface area contributed by atoms with Gasteiger partial charge in [0.2, 0.25) is 0 Å². The predicted octanol–water partition coefficient (Wildman–Crippen LogP) is 1.16. The van der Waals surface area contributed by atoms with Gasteiger partial charge in [-0.2, -0.15) is 0 Å². The Balaban J connectivity index is 2.31. The van der Waals surface area contributed by atoms with E-state index < -0.39 is 11.2 Å². The van der Waals surface area contributed by atoms with E-state index in [-0.39, 0.29) is 22.9 Å². The standard InChI is InChI=1S/C14H14N4O3S/c1-6(2)8-5-22-13-9(8)12(20)15-10(16-13)7-4-18(3)14(21)17-11(7)19/h4-6H,1-3H3,(H,15,16,20)(H,17,19,21). The van der Waals surface area contributed by atoms with E-state index in [1.807, 2.05) is 19.2 Å². The van der Waals surface area contributed by atoms with Crippen LogP contribution in [0.2, 0.25) is 0 Å². The number of aromatic nitrogens is 4. The summed E-state index contributed by atoms with van der Waals surface area (Å²) >= 11 is 1.37. The van der Waals surface area contributed by atoms with E-state index >= 15 is 0 Å². The Morgan fingerprint density at radius 2 is 1.91 bits per heavy atom. The van der Waals surface area contributed by atoms with Crippen LogP contribution in [-0.4, -0.2) is 19.5 Å². The molecule has 0 atom stereocenters. The van der Waals surface area contributed by atoms with Crippen molar-refractivity contribution in [3.05, 3.63) is 48.3 Å². The zero-order chi connectivity index (χ0) is 16.0. The second-order valence-electron chi connectivity index (χ2n) is 5.35. The fraction of sp³-hybridized carbons (Fsp3) is 0.286. The number of fused-ring (bicyclic) bond motifs is 1. The Morgan fingerprint density at radius 3 is 2.59 bits per heavy atom. The number of nitrogens with zero attached hydrogens (tertiary/aromatic N) is 2. The van der Waals surface area contributed by atoms with Crippen molar-refractivity contribution in [1.82, 2.24) is 19.5 Å². The number of hydrogen-bond donors (Lipinski definition) is 2. The summed E-state index contributed by atoms with van der Waals surface area (Å²) in [5.41, 5.74) is -0.282. The van der Waals surface area contributed by atoms with Gasteiger partial charge in [-0.15, -0.1) is 11.3 Å². The number of H-pyrrole nitrogens is 2. The molecule has 0 saturated heterocycles. The summed E-state index contributed by atoms with van der Waals surface area (Å²) < 4.78 is 1.23. The molecule has 0 fully saturated rings. The highest BCUT2D eigenvalue weighted by atomic mass is 32.1. The summed E-state index contributed by atoms with van der Waals surface area (Å²) in [6, 6.07) is 0. The molecule has 22 heavy (non-hydrogen) atoms. The monoisotopic (exact) mass is 318 g/mol. The zero-order valence-electron chi connectivity index (χ0n) is 12.3. The zero-order valence-corrected chi connectivity index (χ0v) is 13.1. The summed E-state index contributed by atoms with van der Waals surface area (Å²) in [6.45, 7) is 4.01. The minimum absolute atomic E-state index is 0.153. The van der Waals surface area contributed by atoms with E-state index in [4.69, 9.17) is 0 Å². The van der Waals surface area contributed by atoms with Gasteiger partial charge in [0.15, 0.2) is 0 Å². The Morgan fingerprint density at radius 1 is 1.18 bits per heavy atom. The van der Waals surface area contributed by atoms with E-state index in [1.54, 1.807) is 0 Å². The van der Waals surface area contributed by atoms with Crippen LogP contribution in [0.25, 0.3) is 21.6 Å². The molecule has 0 aromatic carbocycles. The predicted molar refractivity (Wildman–Crippen MR) is 85.6 cm³/mol. The number of rotatable bonds is 2. The smallest absolute Gasteiger partial charge is 0.306 e. The maximum absolute atomic E-state index is 12.4. The largest absolute Gasteiger partial charge is 0.328 e.